The highest BCUT2D eigenvalue weighted by atomic mass is 16.7. The number of fused-ring (bicyclic) bond motifs is 1. The molecule has 0 amide bonds. The number of ether oxygens (including phenoxy) is 2. The molecule has 2 rings (SSSR count). The Labute approximate surface area is 107 Å². The van der Waals surface area contributed by atoms with Gasteiger partial charge in [-0.1, -0.05) is 6.92 Å². The number of ketones is 1. The summed E-state index contributed by atoms with van der Waals surface area (Å²) in [6, 6.07) is 3.68. The maximum absolute atomic E-state index is 12.5. The first-order valence-corrected chi connectivity index (χ1v) is 6.26. The molecule has 1 N–H and O–H groups in total. The molecule has 0 bridgehead atoms. The van der Waals surface area contributed by atoms with Gasteiger partial charge in [0.1, 0.15) is 0 Å². The van der Waals surface area contributed by atoms with Gasteiger partial charge >= 0.3 is 0 Å². The van der Waals surface area contributed by atoms with E-state index in [2.05, 4.69) is 5.32 Å². The molecule has 0 fully saturated rings. The fourth-order valence-corrected chi connectivity index (χ4v) is 2.20. The normalized spacial score (nSPS) is 14.6. The molecule has 0 aromatic heterocycles. The summed E-state index contributed by atoms with van der Waals surface area (Å²) in [5.74, 6) is 1.57. The van der Waals surface area contributed by atoms with Gasteiger partial charge < -0.3 is 14.8 Å². The van der Waals surface area contributed by atoms with Gasteiger partial charge in [0.2, 0.25) is 6.79 Å². The molecule has 18 heavy (non-hydrogen) atoms. The van der Waals surface area contributed by atoms with Crippen LogP contribution in [0.5, 0.6) is 11.5 Å². The van der Waals surface area contributed by atoms with E-state index in [0.717, 1.165) is 23.3 Å². The second-order valence-corrected chi connectivity index (χ2v) is 4.55. The van der Waals surface area contributed by atoms with E-state index in [-0.39, 0.29) is 18.5 Å². The quantitative estimate of drug-likeness (QED) is 0.812. The molecule has 1 heterocycles. The average Bonchev–Trinajstić information content (AvgIpc) is 2.81. The van der Waals surface area contributed by atoms with Crippen molar-refractivity contribution in [3.05, 3.63) is 23.3 Å². The number of rotatable bonds is 5. The van der Waals surface area contributed by atoms with Crippen molar-refractivity contribution in [3.8, 4) is 11.5 Å². The molecule has 1 aromatic carbocycles. The predicted molar refractivity (Wildman–Crippen MR) is 69.3 cm³/mol. The van der Waals surface area contributed by atoms with Crippen LogP contribution in [-0.4, -0.2) is 26.2 Å². The second kappa shape index (κ2) is 5.40. The van der Waals surface area contributed by atoms with Gasteiger partial charge in [0, 0.05) is 18.0 Å². The van der Waals surface area contributed by atoms with Crippen molar-refractivity contribution in [1.82, 2.24) is 5.32 Å². The van der Waals surface area contributed by atoms with Gasteiger partial charge in [0.15, 0.2) is 17.3 Å². The third kappa shape index (κ3) is 2.34. The lowest BCUT2D eigenvalue weighted by Gasteiger charge is -2.15. The lowest BCUT2D eigenvalue weighted by molar-refractivity contribution is 0.0915. The summed E-state index contributed by atoms with van der Waals surface area (Å²) in [6.45, 7) is 4.90. The minimum Gasteiger partial charge on any atom is -0.454 e. The van der Waals surface area contributed by atoms with E-state index in [4.69, 9.17) is 9.47 Å². The van der Waals surface area contributed by atoms with Gasteiger partial charge in [-0.25, -0.2) is 0 Å². The Morgan fingerprint density at radius 3 is 2.67 bits per heavy atom. The van der Waals surface area contributed by atoms with Gasteiger partial charge in [0.25, 0.3) is 0 Å². The van der Waals surface area contributed by atoms with E-state index in [0.29, 0.717) is 12.3 Å². The molecule has 0 spiro atoms. The van der Waals surface area contributed by atoms with E-state index >= 15 is 0 Å². The Kier molecular flexibility index (Phi) is 3.87. The number of carbonyl (C=O) groups is 1. The third-order valence-electron chi connectivity index (χ3n) is 3.30. The molecule has 1 atom stereocenters. The molecular weight excluding hydrogens is 230 g/mol. The van der Waals surface area contributed by atoms with Crippen molar-refractivity contribution in [1.29, 1.82) is 0 Å². The van der Waals surface area contributed by atoms with Gasteiger partial charge in [0.05, 0.1) is 0 Å². The lowest BCUT2D eigenvalue weighted by Crippen LogP contribution is -2.26. The molecular formula is C14H19NO3. The summed E-state index contributed by atoms with van der Waals surface area (Å²) in [7, 11) is 1.86. The fourth-order valence-electron chi connectivity index (χ4n) is 2.20. The summed E-state index contributed by atoms with van der Waals surface area (Å²) < 4.78 is 10.6. The molecule has 4 heteroatoms. The Morgan fingerprint density at radius 2 is 2.06 bits per heavy atom. The van der Waals surface area contributed by atoms with Crippen LogP contribution in [0.15, 0.2) is 12.1 Å². The number of hydrogen-bond acceptors (Lipinski definition) is 4. The van der Waals surface area contributed by atoms with Gasteiger partial charge in [-0.3, -0.25) is 4.79 Å². The van der Waals surface area contributed by atoms with Crippen LogP contribution in [0.3, 0.4) is 0 Å². The summed E-state index contributed by atoms with van der Waals surface area (Å²) in [5, 5.41) is 3.06. The molecule has 1 aliphatic rings. The zero-order valence-corrected chi connectivity index (χ0v) is 11.1. The van der Waals surface area contributed by atoms with Crippen molar-refractivity contribution < 1.29 is 14.3 Å². The van der Waals surface area contributed by atoms with Crippen molar-refractivity contribution in [2.75, 3.05) is 20.4 Å². The smallest absolute Gasteiger partial charge is 0.231 e. The molecule has 0 radical (unpaired) electrons. The Bertz CT molecular complexity index is 457. The Morgan fingerprint density at radius 1 is 1.39 bits per heavy atom. The first-order chi connectivity index (χ1) is 8.67. The highest BCUT2D eigenvalue weighted by Crippen LogP contribution is 2.35. The van der Waals surface area contributed by atoms with Crippen molar-refractivity contribution in [3.63, 3.8) is 0 Å². The van der Waals surface area contributed by atoms with Crippen LogP contribution in [-0.2, 0) is 0 Å². The van der Waals surface area contributed by atoms with Crippen LogP contribution >= 0.6 is 0 Å². The number of aryl methyl sites for hydroxylation is 1. The van der Waals surface area contributed by atoms with Crippen LogP contribution in [0.25, 0.3) is 0 Å². The van der Waals surface area contributed by atoms with Gasteiger partial charge in [-0.2, -0.15) is 0 Å². The Balaban J connectivity index is 2.30. The topological polar surface area (TPSA) is 47.6 Å². The monoisotopic (exact) mass is 249 g/mol. The SMILES string of the molecule is CCC(CNC)C(=O)c1cc2c(cc1C)OCO2. The maximum Gasteiger partial charge on any atom is 0.231 e. The van der Waals surface area contributed by atoms with E-state index in [1.54, 1.807) is 6.07 Å². The van der Waals surface area contributed by atoms with E-state index in [1.165, 1.54) is 0 Å². The predicted octanol–water partition coefficient (Wildman–Crippen LogP) is 2.15. The summed E-state index contributed by atoms with van der Waals surface area (Å²) >= 11 is 0. The van der Waals surface area contributed by atoms with Crippen molar-refractivity contribution in [2.45, 2.75) is 20.3 Å². The number of Topliss-reactive ketones (excluding diaryl/α,β-unsaturated/α-hetero) is 1. The van der Waals surface area contributed by atoms with Crippen LogP contribution in [0.1, 0.15) is 29.3 Å². The van der Waals surface area contributed by atoms with E-state index in [9.17, 15) is 4.79 Å². The molecule has 0 aliphatic carbocycles. The standard InChI is InChI=1S/C14H19NO3/c1-4-10(7-15-3)14(16)11-6-13-12(5-9(11)2)17-8-18-13/h5-6,10,15H,4,7-8H2,1-3H3. The first kappa shape index (κ1) is 12.9. The molecule has 1 aromatic rings. The zero-order chi connectivity index (χ0) is 13.1. The summed E-state index contributed by atoms with van der Waals surface area (Å²) in [6.07, 6.45) is 0.827. The second-order valence-electron chi connectivity index (χ2n) is 4.55. The third-order valence-corrected chi connectivity index (χ3v) is 3.30. The highest BCUT2D eigenvalue weighted by Gasteiger charge is 2.23. The van der Waals surface area contributed by atoms with Gasteiger partial charge in [-0.05, 0) is 38.1 Å². The zero-order valence-electron chi connectivity index (χ0n) is 11.1. The molecule has 1 unspecified atom stereocenters. The first-order valence-electron chi connectivity index (χ1n) is 6.26. The summed E-state index contributed by atoms with van der Waals surface area (Å²) in [4.78, 5) is 12.5. The number of hydrogen-bond donors (Lipinski definition) is 1. The molecule has 1 aliphatic heterocycles. The van der Waals surface area contributed by atoms with Crippen LogP contribution in [0.2, 0.25) is 0 Å². The highest BCUT2D eigenvalue weighted by molar-refractivity contribution is 6.00. The molecule has 98 valence electrons. The largest absolute Gasteiger partial charge is 0.454 e. The molecule has 0 saturated heterocycles. The maximum atomic E-state index is 12.5. The number of benzene rings is 1. The van der Waals surface area contributed by atoms with Crippen LogP contribution in [0, 0.1) is 12.8 Å². The Hall–Kier alpha value is -1.55. The minimum atomic E-state index is 0.00840. The van der Waals surface area contributed by atoms with E-state index < -0.39 is 0 Å². The lowest BCUT2D eigenvalue weighted by atomic mass is 9.92. The number of carbonyl (C=O) groups excluding carboxylic acids is 1. The van der Waals surface area contributed by atoms with Gasteiger partial charge in [-0.15, -0.1) is 0 Å². The average molecular weight is 249 g/mol. The van der Waals surface area contributed by atoms with Crippen molar-refractivity contribution >= 4 is 5.78 Å². The molecule has 0 saturated carbocycles. The number of nitrogens with one attached hydrogen (secondary N) is 1. The fraction of sp³-hybridized carbons (Fsp3) is 0.500. The van der Waals surface area contributed by atoms with Crippen LogP contribution in [0.4, 0.5) is 0 Å². The van der Waals surface area contributed by atoms with E-state index in [1.807, 2.05) is 27.0 Å². The van der Waals surface area contributed by atoms with Crippen molar-refractivity contribution in [2.24, 2.45) is 5.92 Å². The van der Waals surface area contributed by atoms with Crippen LogP contribution < -0.4 is 14.8 Å². The molecule has 4 nitrogen and oxygen atoms in total. The minimum absolute atomic E-state index is 0.00840. The summed E-state index contributed by atoms with van der Waals surface area (Å²) in [5.41, 5.74) is 1.68.